The van der Waals surface area contributed by atoms with Gasteiger partial charge in [0.2, 0.25) is 0 Å². The second-order valence-electron chi connectivity index (χ2n) is 4.13. The summed E-state index contributed by atoms with van der Waals surface area (Å²) in [5.41, 5.74) is 10.8. The molecule has 6 N–H and O–H groups in total. The van der Waals surface area contributed by atoms with Gasteiger partial charge >= 0.3 is 5.97 Å². The smallest absolute Gasteiger partial charge is 0.320 e. The number of carboxylic acid groups (broad SMARTS) is 1. The highest BCUT2D eigenvalue weighted by molar-refractivity contribution is 7.85. The van der Waals surface area contributed by atoms with Gasteiger partial charge in [-0.1, -0.05) is 0 Å². The second-order valence-corrected chi connectivity index (χ2v) is 5.55. The predicted octanol–water partition coefficient (Wildman–Crippen LogP) is -0.110. The molecular weight excluding hydrogens is 288 g/mol. The molecule has 0 bridgehead atoms. The van der Waals surface area contributed by atoms with Gasteiger partial charge in [0, 0.05) is 17.7 Å². The van der Waals surface area contributed by atoms with Gasteiger partial charge in [0.25, 0.3) is 10.1 Å². The first-order valence-electron chi connectivity index (χ1n) is 5.51. The van der Waals surface area contributed by atoms with Crippen molar-refractivity contribution in [3.63, 3.8) is 0 Å². The van der Waals surface area contributed by atoms with Gasteiger partial charge in [0.15, 0.2) is 5.78 Å². The van der Waals surface area contributed by atoms with Crippen LogP contribution in [0.3, 0.4) is 0 Å². The highest BCUT2D eigenvalue weighted by Crippen LogP contribution is 2.20. The number of rotatable bonds is 6. The predicted molar refractivity (Wildman–Crippen MR) is 69.8 cm³/mol. The van der Waals surface area contributed by atoms with Gasteiger partial charge in [0.05, 0.1) is 4.90 Å². The summed E-state index contributed by atoms with van der Waals surface area (Å²) in [6.45, 7) is 0. The Balaban J connectivity index is 2.96. The number of nitrogens with two attached hydrogens (primary N) is 2. The summed E-state index contributed by atoms with van der Waals surface area (Å²) >= 11 is 0. The molecule has 0 saturated carbocycles. The minimum atomic E-state index is -4.45. The zero-order valence-electron chi connectivity index (χ0n) is 10.3. The number of anilines is 1. The van der Waals surface area contributed by atoms with E-state index >= 15 is 0 Å². The van der Waals surface area contributed by atoms with Crippen LogP contribution in [0.15, 0.2) is 23.1 Å². The van der Waals surface area contributed by atoms with E-state index in [4.69, 9.17) is 21.1 Å². The number of hydrogen-bond acceptors (Lipinski definition) is 6. The van der Waals surface area contributed by atoms with Crippen molar-refractivity contribution < 1.29 is 27.7 Å². The van der Waals surface area contributed by atoms with Gasteiger partial charge < -0.3 is 16.6 Å². The Morgan fingerprint density at radius 2 is 1.90 bits per heavy atom. The number of carbonyl (C=O) groups is 2. The van der Waals surface area contributed by atoms with Crippen LogP contribution < -0.4 is 11.5 Å². The van der Waals surface area contributed by atoms with Crippen LogP contribution in [0, 0.1) is 0 Å². The lowest BCUT2D eigenvalue weighted by molar-refractivity contribution is -0.138. The Bertz CT molecular complexity index is 640. The Labute approximate surface area is 115 Å². The number of hydrogen-bond donors (Lipinski definition) is 4. The van der Waals surface area contributed by atoms with E-state index in [1.807, 2.05) is 0 Å². The zero-order valence-corrected chi connectivity index (χ0v) is 11.1. The molecule has 0 aromatic heterocycles. The van der Waals surface area contributed by atoms with Crippen molar-refractivity contribution >= 4 is 27.6 Å². The van der Waals surface area contributed by atoms with Crippen LogP contribution in [0.1, 0.15) is 23.2 Å². The first kappa shape index (κ1) is 16.1. The van der Waals surface area contributed by atoms with Crippen molar-refractivity contribution in [2.75, 3.05) is 5.73 Å². The molecule has 1 rings (SSSR count). The quantitative estimate of drug-likeness (QED) is 0.321. The van der Waals surface area contributed by atoms with Crippen LogP contribution in [0.2, 0.25) is 0 Å². The molecule has 0 fully saturated rings. The molecule has 1 unspecified atom stereocenters. The van der Waals surface area contributed by atoms with E-state index in [0.29, 0.717) is 0 Å². The molecule has 9 heteroatoms. The van der Waals surface area contributed by atoms with Crippen molar-refractivity contribution in [2.24, 2.45) is 5.73 Å². The van der Waals surface area contributed by atoms with Gasteiger partial charge in [-0.15, -0.1) is 0 Å². The fraction of sp³-hybridized carbons (Fsp3) is 0.273. The Kier molecular flexibility index (Phi) is 4.82. The monoisotopic (exact) mass is 302 g/mol. The molecule has 0 radical (unpaired) electrons. The molecule has 1 atom stereocenters. The summed E-state index contributed by atoms with van der Waals surface area (Å²) < 4.78 is 30.9. The average molecular weight is 302 g/mol. The summed E-state index contributed by atoms with van der Waals surface area (Å²) in [6.07, 6.45) is -0.309. The van der Waals surface area contributed by atoms with Crippen molar-refractivity contribution in [2.45, 2.75) is 23.8 Å². The minimum absolute atomic E-state index is 0.0336. The minimum Gasteiger partial charge on any atom is -0.480 e. The second kappa shape index (κ2) is 5.99. The van der Waals surface area contributed by atoms with Crippen LogP contribution in [-0.4, -0.2) is 35.9 Å². The third kappa shape index (κ3) is 4.02. The normalized spacial score (nSPS) is 12.9. The highest BCUT2D eigenvalue weighted by Gasteiger charge is 2.18. The molecule has 110 valence electrons. The van der Waals surface area contributed by atoms with E-state index in [9.17, 15) is 18.0 Å². The van der Waals surface area contributed by atoms with Crippen LogP contribution in [0.5, 0.6) is 0 Å². The Morgan fingerprint density at radius 3 is 2.40 bits per heavy atom. The number of carboxylic acids is 1. The van der Waals surface area contributed by atoms with Gasteiger partial charge in [-0.25, -0.2) is 0 Å². The molecule has 0 aliphatic carbocycles. The molecular formula is C11H14N2O6S. The van der Waals surface area contributed by atoms with E-state index in [2.05, 4.69) is 0 Å². The fourth-order valence-corrected chi connectivity index (χ4v) is 1.99. The zero-order chi connectivity index (χ0) is 15.5. The Morgan fingerprint density at radius 1 is 1.30 bits per heavy atom. The summed E-state index contributed by atoms with van der Waals surface area (Å²) in [5.74, 6) is -1.79. The number of benzene rings is 1. The van der Waals surface area contributed by atoms with Gasteiger partial charge in [0.1, 0.15) is 6.04 Å². The van der Waals surface area contributed by atoms with Gasteiger partial charge in [-0.3, -0.25) is 14.1 Å². The van der Waals surface area contributed by atoms with E-state index < -0.39 is 32.8 Å². The number of ketones is 1. The van der Waals surface area contributed by atoms with Crippen molar-refractivity contribution in [3.05, 3.63) is 23.8 Å². The summed E-state index contributed by atoms with van der Waals surface area (Å²) in [6, 6.07) is 1.99. The standard InChI is InChI=1S/C11H14N2O6S/c12-8-2-1-6(20(17,18)19)5-7(8)10(14)4-3-9(13)11(15)16/h1-2,5,9H,3-4,12-13H2,(H,15,16)(H,17,18,19). The lowest BCUT2D eigenvalue weighted by Crippen LogP contribution is -2.30. The number of carbonyl (C=O) groups excluding carboxylic acids is 1. The van der Waals surface area contributed by atoms with E-state index in [-0.39, 0.29) is 24.1 Å². The molecule has 0 amide bonds. The molecule has 0 aliphatic rings. The molecule has 20 heavy (non-hydrogen) atoms. The summed E-state index contributed by atoms with van der Waals surface area (Å²) in [5, 5.41) is 8.60. The lowest BCUT2D eigenvalue weighted by Gasteiger charge is -2.08. The van der Waals surface area contributed by atoms with Crippen LogP contribution in [0.25, 0.3) is 0 Å². The molecule has 0 saturated heterocycles. The lowest BCUT2D eigenvalue weighted by atomic mass is 10.0. The molecule has 1 aromatic carbocycles. The van der Waals surface area contributed by atoms with Gasteiger partial charge in [-0.2, -0.15) is 8.42 Å². The van der Waals surface area contributed by atoms with Crippen LogP contribution in [0.4, 0.5) is 5.69 Å². The first-order valence-corrected chi connectivity index (χ1v) is 6.95. The van der Waals surface area contributed by atoms with E-state index in [0.717, 1.165) is 12.1 Å². The number of nitrogen functional groups attached to an aromatic ring is 1. The molecule has 0 spiro atoms. The molecule has 8 nitrogen and oxygen atoms in total. The average Bonchev–Trinajstić information content (AvgIpc) is 2.34. The molecule has 0 aliphatic heterocycles. The SMILES string of the molecule is Nc1ccc(S(=O)(=O)O)cc1C(=O)CCC(N)C(=O)O. The van der Waals surface area contributed by atoms with Crippen molar-refractivity contribution in [1.29, 1.82) is 0 Å². The number of Topliss-reactive ketones (excluding diaryl/α,β-unsaturated/α-hetero) is 1. The Hall–Kier alpha value is -1.97. The maximum atomic E-state index is 11.9. The van der Waals surface area contributed by atoms with Crippen LogP contribution in [-0.2, 0) is 14.9 Å². The van der Waals surface area contributed by atoms with E-state index in [1.54, 1.807) is 0 Å². The van der Waals surface area contributed by atoms with Gasteiger partial charge in [-0.05, 0) is 24.6 Å². The summed E-state index contributed by atoms with van der Waals surface area (Å²) in [4.78, 5) is 21.9. The molecule has 0 heterocycles. The highest BCUT2D eigenvalue weighted by atomic mass is 32.2. The van der Waals surface area contributed by atoms with Crippen molar-refractivity contribution in [3.8, 4) is 0 Å². The third-order valence-corrected chi connectivity index (χ3v) is 3.47. The topological polar surface area (TPSA) is 161 Å². The largest absolute Gasteiger partial charge is 0.480 e. The summed E-state index contributed by atoms with van der Waals surface area (Å²) in [7, 11) is -4.45. The van der Waals surface area contributed by atoms with Crippen molar-refractivity contribution in [1.82, 2.24) is 0 Å². The van der Waals surface area contributed by atoms with E-state index in [1.165, 1.54) is 6.07 Å². The maximum absolute atomic E-state index is 11.9. The maximum Gasteiger partial charge on any atom is 0.320 e. The molecule has 1 aromatic rings. The van der Waals surface area contributed by atoms with Crippen LogP contribution >= 0.6 is 0 Å². The first-order chi connectivity index (χ1) is 9.12. The fourth-order valence-electron chi connectivity index (χ4n) is 1.48. The number of aliphatic carboxylic acids is 1. The third-order valence-electron chi connectivity index (χ3n) is 2.62.